The van der Waals surface area contributed by atoms with Gasteiger partial charge in [0, 0.05) is 37.9 Å². The van der Waals surface area contributed by atoms with Gasteiger partial charge in [0.2, 0.25) is 0 Å². The monoisotopic (exact) mass is 524 g/mol. The van der Waals surface area contributed by atoms with Crippen molar-refractivity contribution in [1.29, 1.82) is 5.26 Å². The summed E-state index contributed by atoms with van der Waals surface area (Å²) in [5.41, 5.74) is 9.37. The van der Waals surface area contributed by atoms with E-state index in [0.29, 0.717) is 5.56 Å². The van der Waals surface area contributed by atoms with Gasteiger partial charge >= 0.3 is 0 Å². The van der Waals surface area contributed by atoms with Crippen molar-refractivity contribution < 1.29 is 8.83 Å². The molecule has 0 saturated carbocycles. The van der Waals surface area contributed by atoms with Gasteiger partial charge < -0.3 is 13.4 Å². The molecule has 0 bridgehead atoms. The van der Waals surface area contributed by atoms with Crippen LogP contribution in [0.1, 0.15) is 5.56 Å². The van der Waals surface area contributed by atoms with Crippen molar-refractivity contribution in [3.8, 4) is 22.9 Å². The summed E-state index contributed by atoms with van der Waals surface area (Å²) in [6, 6.07) is 43.8. The lowest BCUT2D eigenvalue weighted by Gasteiger charge is -2.14. The summed E-state index contributed by atoms with van der Waals surface area (Å²) in [5, 5.41) is 16.0. The number of hydrogen-bond donors (Lipinski definition) is 0. The number of fused-ring (bicyclic) bond motifs is 10. The molecule has 9 rings (SSSR count). The van der Waals surface area contributed by atoms with Gasteiger partial charge in [0.05, 0.1) is 28.4 Å². The van der Waals surface area contributed by atoms with E-state index in [2.05, 4.69) is 95.6 Å². The molecular formula is C37H20N2O2. The van der Waals surface area contributed by atoms with E-state index in [1.54, 1.807) is 6.07 Å². The normalized spacial score (nSPS) is 11.9. The first-order valence-electron chi connectivity index (χ1n) is 13.6. The van der Waals surface area contributed by atoms with Crippen molar-refractivity contribution in [2.45, 2.75) is 0 Å². The topological polar surface area (TPSA) is 55.0 Å². The molecule has 0 amide bonds. The lowest BCUT2D eigenvalue weighted by molar-refractivity contribution is 0.669. The SMILES string of the molecule is N#Cc1ccc2oc3ccc(-c4ccccc4-n4c5ccccc5c5ccc6c7ccccc7oc6c54)cc3c2c1. The average molecular weight is 525 g/mol. The molecule has 0 atom stereocenters. The Hall–Kier alpha value is -5.79. The van der Waals surface area contributed by atoms with Gasteiger partial charge in [-0.05, 0) is 60.2 Å². The van der Waals surface area contributed by atoms with Crippen LogP contribution in [0, 0.1) is 11.3 Å². The number of aromatic nitrogens is 1. The van der Waals surface area contributed by atoms with Crippen LogP contribution in [0.5, 0.6) is 0 Å². The third kappa shape index (κ3) is 3.03. The minimum Gasteiger partial charge on any atom is -0.456 e. The third-order valence-corrected chi connectivity index (χ3v) is 8.23. The molecule has 6 aromatic carbocycles. The van der Waals surface area contributed by atoms with Crippen LogP contribution in [0.15, 0.2) is 130 Å². The maximum Gasteiger partial charge on any atom is 0.160 e. The Kier molecular flexibility index (Phi) is 4.37. The van der Waals surface area contributed by atoms with Crippen molar-refractivity contribution in [1.82, 2.24) is 4.57 Å². The van der Waals surface area contributed by atoms with E-state index in [1.165, 1.54) is 5.39 Å². The highest BCUT2D eigenvalue weighted by atomic mass is 16.3. The van der Waals surface area contributed by atoms with Crippen molar-refractivity contribution in [2.24, 2.45) is 0 Å². The van der Waals surface area contributed by atoms with Gasteiger partial charge in [-0.1, -0.05) is 66.7 Å². The first kappa shape index (κ1) is 22.1. The van der Waals surface area contributed by atoms with Gasteiger partial charge in [-0.15, -0.1) is 0 Å². The van der Waals surface area contributed by atoms with E-state index in [0.717, 1.165) is 77.1 Å². The fraction of sp³-hybridized carbons (Fsp3) is 0. The summed E-state index contributed by atoms with van der Waals surface area (Å²) < 4.78 is 15.0. The van der Waals surface area contributed by atoms with Crippen LogP contribution in [-0.2, 0) is 0 Å². The van der Waals surface area contributed by atoms with E-state index in [9.17, 15) is 5.26 Å². The Labute approximate surface area is 233 Å². The zero-order valence-corrected chi connectivity index (χ0v) is 21.8. The number of hydrogen-bond acceptors (Lipinski definition) is 3. The predicted molar refractivity (Wildman–Crippen MR) is 165 cm³/mol. The molecule has 0 aliphatic rings. The molecule has 0 aliphatic carbocycles. The average Bonchev–Trinajstić information content (AvgIpc) is 3.69. The van der Waals surface area contributed by atoms with E-state index in [-0.39, 0.29) is 0 Å². The molecular weight excluding hydrogens is 504 g/mol. The minimum atomic E-state index is 0.617. The highest BCUT2D eigenvalue weighted by molar-refractivity contribution is 6.21. The van der Waals surface area contributed by atoms with Crippen LogP contribution in [-0.4, -0.2) is 4.57 Å². The molecule has 3 heterocycles. The number of nitriles is 1. The van der Waals surface area contributed by atoms with Crippen molar-refractivity contribution >= 4 is 65.7 Å². The lowest BCUT2D eigenvalue weighted by Crippen LogP contribution is -1.97. The molecule has 0 saturated heterocycles. The molecule has 41 heavy (non-hydrogen) atoms. The van der Waals surface area contributed by atoms with E-state index in [4.69, 9.17) is 8.83 Å². The molecule has 0 unspecified atom stereocenters. The summed E-state index contributed by atoms with van der Waals surface area (Å²) in [5.74, 6) is 0. The second-order valence-corrected chi connectivity index (χ2v) is 10.4. The Balaban J connectivity index is 1.38. The molecule has 3 aromatic heterocycles. The van der Waals surface area contributed by atoms with Gasteiger partial charge in [-0.3, -0.25) is 0 Å². The second kappa shape index (κ2) is 8.11. The Bertz CT molecular complexity index is 2550. The van der Waals surface area contributed by atoms with Crippen LogP contribution in [0.4, 0.5) is 0 Å². The minimum absolute atomic E-state index is 0.617. The van der Waals surface area contributed by atoms with Gasteiger partial charge in [0.25, 0.3) is 0 Å². The Morgan fingerprint density at radius 2 is 1.24 bits per heavy atom. The maximum absolute atomic E-state index is 9.48. The summed E-state index contributed by atoms with van der Waals surface area (Å²) in [7, 11) is 0. The van der Waals surface area contributed by atoms with Crippen molar-refractivity contribution in [3.05, 3.63) is 127 Å². The standard InChI is InChI=1S/C37H20N2O2/c38-21-22-13-17-34-29(19-22)30-20-23(14-18-35(30)40-34)24-7-1-4-10-31(24)39-32-11-5-2-8-25(32)27-15-16-28-26-9-3-6-12-33(26)41-37(28)36(27)39/h1-20H. The van der Waals surface area contributed by atoms with Gasteiger partial charge in [-0.25, -0.2) is 0 Å². The predicted octanol–water partition coefficient (Wildman–Crippen LogP) is 10.1. The molecule has 4 nitrogen and oxygen atoms in total. The number of rotatable bonds is 2. The molecule has 9 aromatic rings. The second-order valence-electron chi connectivity index (χ2n) is 10.4. The van der Waals surface area contributed by atoms with Crippen LogP contribution in [0.25, 0.3) is 82.5 Å². The number of benzene rings is 6. The Morgan fingerprint density at radius 1 is 0.537 bits per heavy atom. The molecule has 190 valence electrons. The van der Waals surface area contributed by atoms with Crippen molar-refractivity contribution in [2.75, 3.05) is 0 Å². The maximum atomic E-state index is 9.48. The molecule has 0 N–H and O–H groups in total. The molecule has 0 aliphatic heterocycles. The number of nitrogens with zero attached hydrogens (tertiary/aromatic N) is 2. The zero-order valence-electron chi connectivity index (χ0n) is 21.8. The van der Waals surface area contributed by atoms with Gasteiger partial charge in [-0.2, -0.15) is 5.26 Å². The zero-order chi connectivity index (χ0) is 27.1. The van der Waals surface area contributed by atoms with E-state index in [1.807, 2.05) is 30.3 Å². The number of furan rings is 2. The summed E-state index contributed by atoms with van der Waals surface area (Å²) in [6.07, 6.45) is 0. The molecule has 0 radical (unpaired) electrons. The van der Waals surface area contributed by atoms with Crippen LogP contribution in [0.2, 0.25) is 0 Å². The van der Waals surface area contributed by atoms with Crippen LogP contribution in [0.3, 0.4) is 0 Å². The first-order chi connectivity index (χ1) is 20.3. The van der Waals surface area contributed by atoms with Crippen LogP contribution < -0.4 is 0 Å². The lowest BCUT2D eigenvalue weighted by atomic mass is 10.0. The number of para-hydroxylation sites is 3. The van der Waals surface area contributed by atoms with Gasteiger partial charge in [0.15, 0.2) is 5.58 Å². The van der Waals surface area contributed by atoms with E-state index >= 15 is 0 Å². The summed E-state index contributed by atoms with van der Waals surface area (Å²) in [6.45, 7) is 0. The fourth-order valence-electron chi connectivity index (χ4n) is 6.41. The molecule has 0 spiro atoms. The summed E-state index contributed by atoms with van der Waals surface area (Å²) in [4.78, 5) is 0. The highest BCUT2D eigenvalue weighted by Gasteiger charge is 2.21. The smallest absolute Gasteiger partial charge is 0.160 e. The van der Waals surface area contributed by atoms with E-state index < -0.39 is 0 Å². The highest BCUT2D eigenvalue weighted by Crippen LogP contribution is 2.42. The van der Waals surface area contributed by atoms with Crippen LogP contribution >= 0.6 is 0 Å². The fourth-order valence-corrected chi connectivity index (χ4v) is 6.41. The quantitative estimate of drug-likeness (QED) is 0.226. The Morgan fingerprint density at radius 3 is 2.15 bits per heavy atom. The third-order valence-electron chi connectivity index (χ3n) is 8.23. The van der Waals surface area contributed by atoms with Crippen molar-refractivity contribution in [3.63, 3.8) is 0 Å². The molecule has 0 fully saturated rings. The largest absolute Gasteiger partial charge is 0.456 e. The first-order valence-corrected chi connectivity index (χ1v) is 13.6. The molecule has 4 heteroatoms. The van der Waals surface area contributed by atoms with Gasteiger partial charge in [0.1, 0.15) is 16.7 Å². The summed E-state index contributed by atoms with van der Waals surface area (Å²) >= 11 is 0.